The summed E-state index contributed by atoms with van der Waals surface area (Å²) in [5.74, 6) is 1.60. The summed E-state index contributed by atoms with van der Waals surface area (Å²) in [7, 11) is 0. The molecule has 3 nitrogen and oxygen atoms in total. The standard InChI is InChI=1S/C13H20ClN3/c1-11-7-12(17-16-8-11)15-10-13(9-14)5-3-2-4-6-13/h7-8H,2-6,9-10H2,1H3,(H,15,17). The third-order valence-corrected chi connectivity index (χ3v) is 4.20. The number of nitrogens with zero attached hydrogens (tertiary/aromatic N) is 2. The molecule has 1 fully saturated rings. The van der Waals surface area contributed by atoms with Crippen LogP contribution in [0.15, 0.2) is 12.3 Å². The van der Waals surface area contributed by atoms with E-state index in [0.717, 1.165) is 23.8 Å². The van der Waals surface area contributed by atoms with Crippen LogP contribution in [0.1, 0.15) is 37.7 Å². The van der Waals surface area contributed by atoms with E-state index in [1.54, 1.807) is 6.20 Å². The summed E-state index contributed by atoms with van der Waals surface area (Å²) in [6.07, 6.45) is 8.17. The highest BCUT2D eigenvalue weighted by Crippen LogP contribution is 2.37. The van der Waals surface area contributed by atoms with E-state index < -0.39 is 0 Å². The fraction of sp³-hybridized carbons (Fsp3) is 0.692. The van der Waals surface area contributed by atoms with Crippen molar-refractivity contribution in [3.63, 3.8) is 0 Å². The summed E-state index contributed by atoms with van der Waals surface area (Å²) in [5, 5.41) is 11.4. The Kier molecular flexibility index (Phi) is 4.21. The quantitative estimate of drug-likeness (QED) is 0.836. The van der Waals surface area contributed by atoms with Crippen LogP contribution >= 0.6 is 11.6 Å². The van der Waals surface area contributed by atoms with Crippen LogP contribution in [0.4, 0.5) is 5.82 Å². The zero-order chi connectivity index (χ0) is 12.1. The highest BCUT2D eigenvalue weighted by molar-refractivity contribution is 6.18. The number of alkyl halides is 1. The molecule has 0 aromatic carbocycles. The Labute approximate surface area is 108 Å². The molecule has 0 amide bonds. The first-order valence-corrected chi connectivity index (χ1v) is 6.87. The van der Waals surface area contributed by atoms with Gasteiger partial charge in [0.25, 0.3) is 0 Å². The van der Waals surface area contributed by atoms with E-state index in [1.807, 2.05) is 13.0 Å². The molecule has 1 aliphatic carbocycles. The van der Waals surface area contributed by atoms with Gasteiger partial charge in [-0.05, 0) is 31.4 Å². The van der Waals surface area contributed by atoms with Crippen LogP contribution in [0.25, 0.3) is 0 Å². The van der Waals surface area contributed by atoms with Crippen molar-refractivity contribution in [2.24, 2.45) is 5.41 Å². The molecule has 0 spiro atoms. The average Bonchev–Trinajstić information content (AvgIpc) is 2.38. The monoisotopic (exact) mass is 253 g/mol. The van der Waals surface area contributed by atoms with Gasteiger partial charge in [-0.25, -0.2) is 0 Å². The molecule has 1 aromatic rings. The van der Waals surface area contributed by atoms with E-state index in [2.05, 4.69) is 15.5 Å². The lowest BCUT2D eigenvalue weighted by Gasteiger charge is -2.35. The smallest absolute Gasteiger partial charge is 0.148 e. The van der Waals surface area contributed by atoms with Gasteiger partial charge in [-0.2, -0.15) is 5.10 Å². The number of hydrogen-bond acceptors (Lipinski definition) is 3. The molecule has 0 bridgehead atoms. The molecule has 2 rings (SSSR count). The molecule has 17 heavy (non-hydrogen) atoms. The third-order valence-electron chi connectivity index (χ3n) is 3.63. The van der Waals surface area contributed by atoms with Crippen LogP contribution in [0, 0.1) is 12.3 Å². The minimum Gasteiger partial charge on any atom is -0.368 e. The number of aromatic nitrogens is 2. The molecular formula is C13H20ClN3. The van der Waals surface area contributed by atoms with Crippen LogP contribution in [0.3, 0.4) is 0 Å². The Morgan fingerprint density at radius 2 is 2.12 bits per heavy atom. The fourth-order valence-electron chi connectivity index (χ4n) is 2.49. The van der Waals surface area contributed by atoms with Crippen LogP contribution in [0.2, 0.25) is 0 Å². The second-order valence-electron chi connectivity index (χ2n) is 5.17. The van der Waals surface area contributed by atoms with Crippen molar-refractivity contribution in [1.29, 1.82) is 0 Å². The van der Waals surface area contributed by atoms with Crippen LogP contribution < -0.4 is 5.32 Å². The number of hydrogen-bond donors (Lipinski definition) is 1. The maximum atomic E-state index is 6.16. The number of aryl methyl sites for hydroxylation is 1. The van der Waals surface area contributed by atoms with Crippen LogP contribution in [-0.4, -0.2) is 22.6 Å². The highest BCUT2D eigenvalue weighted by Gasteiger charge is 2.30. The Morgan fingerprint density at radius 1 is 1.35 bits per heavy atom. The fourth-order valence-corrected chi connectivity index (χ4v) is 2.85. The lowest BCUT2D eigenvalue weighted by atomic mass is 9.75. The van der Waals surface area contributed by atoms with Crippen LogP contribution in [0.5, 0.6) is 0 Å². The van der Waals surface area contributed by atoms with Crippen molar-refractivity contribution in [2.45, 2.75) is 39.0 Å². The number of rotatable bonds is 4. The van der Waals surface area contributed by atoms with Gasteiger partial charge in [0.2, 0.25) is 0 Å². The number of anilines is 1. The zero-order valence-corrected chi connectivity index (χ0v) is 11.1. The first kappa shape index (κ1) is 12.6. The maximum Gasteiger partial charge on any atom is 0.148 e. The Balaban J connectivity index is 1.95. The van der Waals surface area contributed by atoms with E-state index >= 15 is 0 Å². The molecule has 4 heteroatoms. The summed E-state index contributed by atoms with van der Waals surface area (Å²) in [6, 6.07) is 2.03. The van der Waals surface area contributed by atoms with E-state index in [-0.39, 0.29) is 5.41 Å². The van der Waals surface area contributed by atoms with Gasteiger partial charge < -0.3 is 5.32 Å². The molecule has 0 atom stereocenters. The Morgan fingerprint density at radius 3 is 2.76 bits per heavy atom. The molecule has 1 saturated carbocycles. The number of halogens is 1. The van der Waals surface area contributed by atoms with Gasteiger partial charge in [0.1, 0.15) is 5.82 Å². The first-order valence-electron chi connectivity index (χ1n) is 6.33. The van der Waals surface area contributed by atoms with Gasteiger partial charge in [-0.1, -0.05) is 19.3 Å². The summed E-state index contributed by atoms with van der Waals surface area (Å²) in [4.78, 5) is 0. The summed E-state index contributed by atoms with van der Waals surface area (Å²) in [5.41, 5.74) is 1.39. The largest absolute Gasteiger partial charge is 0.368 e. The predicted octanol–water partition coefficient (Wildman–Crippen LogP) is 3.39. The highest BCUT2D eigenvalue weighted by atomic mass is 35.5. The minimum atomic E-state index is 0.255. The minimum absolute atomic E-state index is 0.255. The average molecular weight is 254 g/mol. The number of nitrogens with one attached hydrogen (secondary N) is 1. The Hall–Kier alpha value is -0.830. The molecule has 0 unspecified atom stereocenters. The molecule has 1 N–H and O–H groups in total. The third kappa shape index (κ3) is 3.32. The van der Waals surface area contributed by atoms with Gasteiger partial charge in [0.15, 0.2) is 0 Å². The van der Waals surface area contributed by atoms with Gasteiger partial charge in [0, 0.05) is 17.8 Å². The normalized spacial score (nSPS) is 18.9. The van der Waals surface area contributed by atoms with Gasteiger partial charge >= 0.3 is 0 Å². The van der Waals surface area contributed by atoms with Gasteiger partial charge in [0.05, 0.1) is 6.20 Å². The summed E-state index contributed by atoms with van der Waals surface area (Å²) in [6.45, 7) is 2.94. The van der Waals surface area contributed by atoms with E-state index in [4.69, 9.17) is 11.6 Å². The molecule has 0 aliphatic heterocycles. The van der Waals surface area contributed by atoms with E-state index in [0.29, 0.717) is 0 Å². The molecule has 0 radical (unpaired) electrons. The second kappa shape index (κ2) is 5.67. The van der Waals surface area contributed by atoms with Crippen molar-refractivity contribution in [3.8, 4) is 0 Å². The predicted molar refractivity (Wildman–Crippen MR) is 71.5 cm³/mol. The van der Waals surface area contributed by atoms with Crippen LogP contribution in [-0.2, 0) is 0 Å². The lowest BCUT2D eigenvalue weighted by molar-refractivity contribution is 0.238. The topological polar surface area (TPSA) is 37.8 Å². The van der Waals surface area contributed by atoms with Crippen molar-refractivity contribution in [2.75, 3.05) is 17.7 Å². The van der Waals surface area contributed by atoms with Gasteiger partial charge in [-0.15, -0.1) is 16.7 Å². The zero-order valence-electron chi connectivity index (χ0n) is 10.4. The van der Waals surface area contributed by atoms with Gasteiger partial charge in [-0.3, -0.25) is 0 Å². The molecule has 1 aromatic heterocycles. The van der Waals surface area contributed by atoms with Crippen molar-refractivity contribution in [1.82, 2.24) is 10.2 Å². The molecule has 0 saturated heterocycles. The van der Waals surface area contributed by atoms with Crippen molar-refractivity contribution in [3.05, 3.63) is 17.8 Å². The van der Waals surface area contributed by atoms with Crippen molar-refractivity contribution >= 4 is 17.4 Å². The second-order valence-corrected chi connectivity index (χ2v) is 5.43. The maximum absolute atomic E-state index is 6.16. The van der Waals surface area contributed by atoms with E-state index in [1.165, 1.54) is 32.1 Å². The summed E-state index contributed by atoms with van der Waals surface area (Å²) < 4.78 is 0. The molecule has 94 valence electrons. The van der Waals surface area contributed by atoms with E-state index in [9.17, 15) is 0 Å². The van der Waals surface area contributed by atoms with Crippen molar-refractivity contribution < 1.29 is 0 Å². The molecule has 1 heterocycles. The molecular weight excluding hydrogens is 234 g/mol. The SMILES string of the molecule is Cc1cnnc(NCC2(CCl)CCCCC2)c1. The Bertz CT molecular complexity index is 361. The first-order chi connectivity index (χ1) is 8.24. The molecule has 1 aliphatic rings. The lowest BCUT2D eigenvalue weighted by Crippen LogP contribution is -2.34. The summed E-state index contributed by atoms with van der Waals surface area (Å²) >= 11 is 6.16.